The highest BCUT2D eigenvalue weighted by atomic mass is 79.9. The Morgan fingerprint density at radius 1 is 1.19 bits per heavy atom. The molecule has 0 aliphatic carbocycles. The van der Waals surface area contributed by atoms with E-state index < -0.39 is 0 Å². The molecule has 0 saturated carbocycles. The fourth-order valence-corrected chi connectivity index (χ4v) is 4.02. The monoisotopic (exact) mass is 494 g/mol. The van der Waals surface area contributed by atoms with Gasteiger partial charge in [-0.2, -0.15) is 0 Å². The molecule has 0 atom stereocenters. The normalized spacial score (nSPS) is 10.6. The van der Waals surface area contributed by atoms with Crippen molar-refractivity contribution in [2.45, 2.75) is 6.92 Å². The van der Waals surface area contributed by atoms with Gasteiger partial charge in [0.2, 0.25) is 0 Å². The van der Waals surface area contributed by atoms with Gasteiger partial charge in [-0.05, 0) is 53.2 Å². The lowest BCUT2D eigenvalue weighted by molar-refractivity contribution is 0.0987. The van der Waals surface area contributed by atoms with Gasteiger partial charge in [0.15, 0.2) is 5.13 Å². The van der Waals surface area contributed by atoms with Crippen LogP contribution in [0, 0.1) is 0 Å². The van der Waals surface area contributed by atoms with E-state index in [1.807, 2.05) is 48.7 Å². The average molecular weight is 496 g/mol. The minimum absolute atomic E-state index is 0.116. The number of amides is 1. The Labute approximate surface area is 173 Å². The number of thiazole rings is 1. The second kappa shape index (κ2) is 8.33. The van der Waals surface area contributed by atoms with Gasteiger partial charge in [0, 0.05) is 26.4 Å². The summed E-state index contributed by atoms with van der Waals surface area (Å²) in [4.78, 5) is 19.4. The summed E-state index contributed by atoms with van der Waals surface area (Å²) in [6, 6.07) is 13.3. The first-order valence-electron chi connectivity index (χ1n) is 7.90. The molecule has 3 rings (SSSR count). The topological polar surface area (TPSA) is 42.4 Å². The van der Waals surface area contributed by atoms with Gasteiger partial charge >= 0.3 is 0 Å². The number of hydrogen-bond acceptors (Lipinski definition) is 4. The Kier molecular flexibility index (Phi) is 6.11. The fraction of sp³-hybridized carbons (Fsp3) is 0.158. The van der Waals surface area contributed by atoms with Crippen molar-refractivity contribution in [2.75, 3.05) is 18.6 Å². The van der Waals surface area contributed by atoms with Gasteiger partial charge in [-0.25, -0.2) is 4.98 Å². The fourth-order valence-electron chi connectivity index (χ4n) is 2.45. The van der Waals surface area contributed by atoms with Crippen LogP contribution < -0.4 is 9.64 Å². The lowest BCUT2D eigenvalue weighted by Crippen LogP contribution is -2.30. The largest absolute Gasteiger partial charge is 0.497 e. The molecule has 2 aromatic carbocycles. The first-order valence-corrected chi connectivity index (χ1v) is 10.4. The minimum Gasteiger partial charge on any atom is -0.497 e. The number of halogens is 2. The standard InChI is InChI=1S/C19H16Br2N2O2S/c1-3-23(18(24)15-10-14(25-2)8-9-16(15)21)19-22-17(11-26-19)12-4-6-13(20)7-5-12/h4-11H,3H2,1-2H3. The molecule has 3 aromatic rings. The molecule has 1 amide bonds. The molecule has 1 heterocycles. The van der Waals surface area contributed by atoms with Crippen LogP contribution in [0.25, 0.3) is 11.3 Å². The van der Waals surface area contributed by atoms with Crippen molar-refractivity contribution in [3.8, 4) is 17.0 Å². The first-order chi connectivity index (χ1) is 12.5. The molecule has 7 heteroatoms. The SMILES string of the molecule is CCN(C(=O)c1cc(OC)ccc1Br)c1nc(-c2ccc(Br)cc2)cs1. The molecule has 0 fully saturated rings. The second-order valence-corrected chi connectivity index (χ2v) is 8.02. The van der Waals surface area contributed by atoms with Crippen molar-refractivity contribution in [3.05, 3.63) is 62.4 Å². The quantitative estimate of drug-likeness (QED) is 0.435. The summed E-state index contributed by atoms with van der Waals surface area (Å²) in [5.74, 6) is 0.525. The maximum atomic E-state index is 13.1. The molecule has 26 heavy (non-hydrogen) atoms. The highest BCUT2D eigenvalue weighted by molar-refractivity contribution is 9.10. The maximum Gasteiger partial charge on any atom is 0.261 e. The Morgan fingerprint density at radius 2 is 1.92 bits per heavy atom. The van der Waals surface area contributed by atoms with Crippen LogP contribution in [-0.4, -0.2) is 24.5 Å². The summed E-state index contributed by atoms with van der Waals surface area (Å²) in [5.41, 5.74) is 2.42. The van der Waals surface area contributed by atoms with Crippen molar-refractivity contribution in [2.24, 2.45) is 0 Å². The molecule has 0 aliphatic rings. The number of carbonyl (C=O) groups excluding carboxylic acids is 1. The number of benzene rings is 2. The summed E-state index contributed by atoms with van der Waals surface area (Å²) >= 11 is 8.35. The third-order valence-electron chi connectivity index (χ3n) is 3.83. The van der Waals surface area contributed by atoms with E-state index in [1.54, 1.807) is 18.1 Å². The van der Waals surface area contributed by atoms with Crippen LogP contribution in [0.4, 0.5) is 5.13 Å². The number of rotatable bonds is 5. The van der Waals surface area contributed by atoms with E-state index in [9.17, 15) is 4.79 Å². The van der Waals surface area contributed by atoms with Crippen molar-refractivity contribution in [1.82, 2.24) is 4.98 Å². The zero-order valence-electron chi connectivity index (χ0n) is 14.2. The van der Waals surface area contributed by atoms with Crippen LogP contribution in [0.15, 0.2) is 56.8 Å². The van der Waals surface area contributed by atoms with Gasteiger partial charge < -0.3 is 4.74 Å². The van der Waals surface area contributed by atoms with E-state index in [0.29, 0.717) is 23.0 Å². The minimum atomic E-state index is -0.116. The van der Waals surface area contributed by atoms with Gasteiger partial charge in [-0.15, -0.1) is 11.3 Å². The lowest BCUT2D eigenvalue weighted by atomic mass is 10.2. The summed E-state index contributed by atoms with van der Waals surface area (Å²) in [7, 11) is 1.58. The van der Waals surface area contributed by atoms with Crippen LogP contribution in [-0.2, 0) is 0 Å². The predicted molar refractivity (Wildman–Crippen MR) is 113 cm³/mol. The van der Waals surface area contributed by atoms with E-state index in [0.717, 1.165) is 20.2 Å². The molecule has 1 aromatic heterocycles. The Bertz CT molecular complexity index is 926. The number of anilines is 1. The van der Waals surface area contributed by atoms with Gasteiger partial charge in [0.25, 0.3) is 5.91 Å². The van der Waals surface area contributed by atoms with Gasteiger partial charge in [-0.1, -0.05) is 28.1 Å². The Hall–Kier alpha value is -1.70. The molecular formula is C19H16Br2N2O2S. The lowest BCUT2D eigenvalue weighted by Gasteiger charge is -2.19. The summed E-state index contributed by atoms with van der Waals surface area (Å²) in [6.45, 7) is 2.46. The van der Waals surface area contributed by atoms with Crippen molar-refractivity contribution in [3.63, 3.8) is 0 Å². The van der Waals surface area contributed by atoms with Crippen LogP contribution in [0.3, 0.4) is 0 Å². The van der Waals surface area contributed by atoms with Gasteiger partial charge in [-0.3, -0.25) is 9.69 Å². The molecular weight excluding hydrogens is 480 g/mol. The molecule has 0 radical (unpaired) electrons. The molecule has 0 unspecified atom stereocenters. The van der Waals surface area contributed by atoms with Crippen LogP contribution >= 0.6 is 43.2 Å². The van der Waals surface area contributed by atoms with Crippen molar-refractivity contribution < 1.29 is 9.53 Å². The van der Waals surface area contributed by atoms with Crippen molar-refractivity contribution in [1.29, 1.82) is 0 Å². The van der Waals surface area contributed by atoms with Crippen molar-refractivity contribution >= 4 is 54.2 Å². The zero-order valence-corrected chi connectivity index (χ0v) is 18.2. The summed E-state index contributed by atoms with van der Waals surface area (Å²) in [5, 5.41) is 2.64. The van der Waals surface area contributed by atoms with Gasteiger partial charge in [0.1, 0.15) is 5.75 Å². The van der Waals surface area contributed by atoms with Crippen LogP contribution in [0.1, 0.15) is 17.3 Å². The highest BCUT2D eigenvalue weighted by Gasteiger charge is 2.22. The Balaban J connectivity index is 1.92. The maximum absolute atomic E-state index is 13.1. The van der Waals surface area contributed by atoms with Gasteiger partial charge in [0.05, 0.1) is 18.4 Å². The number of ether oxygens (including phenoxy) is 1. The van der Waals surface area contributed by atoms with Crippen LogP contribution in [0.2, 0.25) is 0 Å². The number of hydrogen-bond donors (Lipinski definition) is 0. The number of aromatic nitrogens is 1. The summed E-state index contributed by atoms with van der Waals surface area (Å²) < 4.78 is 6.99. The molecule has 0 saturated heterocycles. The van der Waals surface area contributed by atoms with E-state index in [1.165, 1.54) is 11.3 Å². The Morgan fingerprint density at radius 3 is 2.58 bits per heavy atom. The van der Waals surface area contributed by atoms with E-state index in [-0.39, 0.29) is 5.91 Å². The zero-order chi connectivity index (χ0) is 18.7. The molecule has 0 bridgehead atoms. The third kappa shape index (κ3) is 4.00. The predicted octanol–water partition coefficient (Wildman–Crippen LogP) is 6.01. The molecule has 0 N–H and O–H groups in total. The molecule has 4 nitrogen and oxygen atoms in total. The average Bonchev–Trinajstić information content (AvgIpc) is 3.13. The van der Waals surface area contributed by atoms with E-state index >= 15 is 0 Å². The van der Waals surface area contributed by atoms with E-state index in [2.05, 4.69) is 36.8 Å². The molecule has 0 spiro atoms. The number of nitrogens with zero attached hydrogens (tertiary/aromatic N) is 2. The second-order valence-electron chi connectivity index (χ2n) is 5.42. The highest BCUT2D eigenvalue weighted by Crippen LogP contribution is 2.31. The summed E-state index contributed by atoms with van der Waals surface area (Å²) in [6.07, 6.45) is 0. The molecule has 0 aliphatic heterocycles. The third-order valence-corrected chi connectivity index (χ3v) is 5.91. The smallest absolute Gasteiger partial charge is 0.261 e. The molecule has 134 valence electrons. The van der Waals surface area contributed by atoms with E-state index in [4.69, 9.17) is 4.74 Å². The number of methoxy groups -OCH3 is 1. The van der Waals surface area contributed by atoms with Crippen LogP contribution in [0.5, 0.6) is 5.75 Å². The first kappa shape index (κ1) is 19.1. The number of carbonyl (C=O) groups is 1.